The zero-order chi connectivity index (χ0) is 10.9. The van der Waals surface area contributed by atoms with Gasteiger partial charge in [-0.3, -0.25) is 0 Å². The minimum absolute atomic E-state index is 0.574. The molecule has 1 heterocycles. The highest BCUT2D eigenvalue weighted by Gasteiger charge is 2.03. The molecule has 3 nitrogen and oxygen atoms in total. The number of aromatic nitrogens is 2. The van der Waals surface area contributed by atoms with Crippen molar-refractivity contribution in [1.29, 1.82) is 0 Å². The molecule has 0 amide bonds. The number of alkyl halides is 1. The van der Waals surface area contributed by atoms with Crippen molar-refractivity contribution in [1.82, 2.24) is 14.9 Å². The highest BCUT2D eigenvalue weighted by Crippen LogP contribution is 1.99. The maximum atomic E-state index is 5.72. The lowest BCUT2D eigenvalue weighted by molar-refractivity contribution is 0.467. The third-order valence-corrected chi connectivity index (χ3v) is 2.75. The smallest absolute Gasteiger partial charge is 0.0945 e. The topological polar surface area (TPSA) is 29.9 Å². The van der Waals surface area contributed by atoms with Gasteiger partial charge in [0.1, 0.15) is 0 Å². The van der Waals surface area contributed by atoms with E-state index in [-0.39, 0.29) is 0 Å². The summed E-state index contributed by atoms with van der Waals surface area (Å²) in [5, 5.41) is 3.51. The van der Waals surface area contributed by atoms with Crippen LogP contribution in [0.3, 0.4) is 0 Å². The number of hydrogen-bond acceptors (Lipinski definition) is 2. The first kappa shape index (κ1) is 12.5. The van der Waals surface area contributed by atoms with E-state index < -0.39 is 0 Å². The van der Waals surface area contributed by atoms with Gasteiger partial charge in [-0.15, -0.1) is 11.6 Å². The molecule has 1 rings (SSSR count). The number of rotatable bonds is 8. The summed E-state index contributed by atoms with van der Waals surface area (Å²) in [7, 11) is 0. The fourth-order valence-corrected chi connectivity index (χ4v) is 1.83. The van der Waals surface area contributed by atoms with Crippen LogP contribution in [0.5, 0.6) is 0 Å². The van der Waals surface area contributed by atoms with Gasteiger partial charge in [0, 0.05) is 30.9 Å². The number of halogens is 1. The standard InChI is InChI=1S/C11H20ClN3/c1-2-11(4-5-12)14-6-3-8-15-9-7-13-10-15/h7,9-11,14H,2-6,8H2,1H3. The van der Waals surface area contributed by atoms with E-state index in [1.807, 2.05) is 18.7 Å². The Morgan fingerprint density at radius 3 is 3.00 bits per heavy atom. The second-order valence-corrected chi connectivity index (χ2v) is 4.07. The van der Waals surface area contributed by atoms with Crippen LogP contribution in [0, 0.1) is 0 Å². The van der Waals surface area contributed by atoms with Crippen molar-refractivity contribution in [3.63, 3.8) is 0 Å². The van der Waals surface area contributed by atoms with E-state index in [9.17, 15) is 0 Å². The van der Waals surface area contributed by atoms with Crippen molar-refractivity contribution < 1.29 is 0 Å². The van der Waals surface area contributed by atoms with Gasteiger partial charge in [0.2, 0.25) is 0 Å². The van der Waals surface area contributed by atoms with E-state index in [4.69, 9.17) is 11.6 Å². The van der Waals surface area contributed by atoms with E-state index in [0.29, 0.717) is 6.04 Å². The van der Waals surface area contributed by atoms with Crippen LogP contribution < -0.4 is 5.32 Å². The van der Waals surface area contributed by atoms with Crippen molar-refractivity contribution in [3.05, 3.63) is 18.7 Å². The molecule has 86 valence electrons. The normalized spacial score (nSPS) is 12.9. The first-order valence-corrected chi connectivity index (χ1v) is 6.15. The molecular weight excluding hydrogens is 210 g/mol. The lowest BCUT2D eigenvalue weighted by Crippen LogP contribution is -2.30. The number of nitrogens with zero attached hydrogens (tertiary/aromatic N) is 2. The zero-order valence-electron chi connectivity index (χ0n) is 9.32. The van der Waals surface area contributed by atoms with Crippen LogP contribution >= 0.6 is 11.6 Å². The molecule has 0 aliphatic carbocycles. The van der Waals surface area contributed by atoms with E-state index in [2.05, 4.69) is 21.8 Å². The van der Waals surface area contributed by atoms with Gasteiger partial charge < -0.3 is 9.88 Å². The SMILES string of the molecule is CCC(CCCl)NCCCn1ccnc1. The maximum Gasteiger partial charge on any atom is 0.0945 e. The van der Waals surface area contributed by atoms with Gasteiger partial charge in [0.25, 0.3) is 0 Å². The lowest BCUT2D eigenvalue weighted by atomic mass is 10.1. The Kier molecular flexibility index (Phi) is 6.44. The molecule has 1 unspecified atom stereocenters. The molecule has 0 aliphatic rings. The van der Waals surface area contributed by atoms with Crippen molar-refractivity contribution in [2.45, 2.75) is 38.8 Å². The summed E-state index contributed by atoms with van der Waals surface area (Å²) in [5.41, 5.74) is 0. The summed E-state index contributed by atoms with van der Waals surface area (Å²) in [6.45, 7) is 4.28. The molecule has 0 saturated carbocycles. The number of imidazole rings is 1. The van der Waals surface area contributed by atoms with Gasteiger partial charge in [-0.2, -0.15) is 0 Å². The van der Waals surface area contributed by atoms with Crippen LogP contribution in [0.4, 0.5) is 0 Å². The van der Waals surface area contributed by atoms with Gasteiger partial charge in [0.15, 0.2) is 0 Å². The molecule has 15 heavy (non-hydrogen) atoms. The summed E-state index contributed by atoms with van der Waals surface area (Å²) in [6, 6.07) is 0.574. The molecule has 4 heteroatoms. The minimum Gasteiger partial charge on any atom is -0.337 e. The largest absolute Gasteiger partial charge is 0.337 e. The Labute approximate surface area is 96.8 Å². The summed E-state index contributed by atoms with van der Waals surface area (Å²) < 4.78 is 2.10. The van der Waals surface area contributed by atoms with Crippen molar-refractivity contribution in [2.75, 3.05) is 12.4 Å². The van der Waals surface area contributed by atoms with Gasteiger partial charge in [-0.05, 0) is 25.8 Å². The Bertz CT molecular complexity index is 236. The van der Waals surface area contributed by atoms with E-state index in [0.717, 1.165) is 38.2 Å². The lowest BCUT2D eigenvalue weighted by Gasteiger charge is -2.15. The van der Waals surface area contributed by atoms with Gasteiger partial charge >= 0.3 is 0 Å². The molecule has 1 N–H and O–H groups in total. The molecule has 1 aromatic rings. The molecule has 0 radical (unpaired) electrons. The molecule has 1 aromatic heterocycles. The van der Waals surface area contributed by atoms with Crippen LogP contribution in [0.1, 0.15) is 26.2 Å². The zero-order valence-corrected chi connectivity index (χ0v) is 10.1. The number of hydrogen-bond donors (Lipinski definition) is 1. The Hall–Kier alpha value is -0.540. The van der Waals surface area contributed by atoms with Gasteiger partial charge in [-0.25, -0.2) is 4.98 Å². The summed E-state index contributed by atoms with van der Waals surface area (Å²) in [5.74, 6) is 0.743. The monoisotopic (exact) mass is 229 g/mol. The summed E-state index contributed by atoms with van der Waals surface area (Å²) >= 11 is 5.72. The van der Waals surface area contributed by atoms with Crippen LogP contribution in [-0.4, -0.2) is 28.0 Å². The van der Waals surface area contributed by atoms with E-state index >= 15 is 0 Å². The van der Waals surface area contributed by atoms with E-state index in [1.54, 1.807) is 0 Å². The first-order valence-electron chi connectivity index (χ1n) is 5.62. The quantitative estimate of drug-likeness (QED) is 0.548. The van der Waals surface area contributed by atoms with Crippen molar-refractivity contribution in [3.8, 4) is 0 Å². The number of aryl methyl sites for hydroxylation is 1. The fourth-order valence-electron chi connectivity index (χ4n) is 1.57. The Morgan fingerprint density at radius 1 is 1.53 bits per heavy atom. The summed E-state index contributed by atoms with van der Waals surface area (Å²) in [4.78, 5) is 4.01. The van der Waals surface area contributed by atoms with Crippen LogP contribution in [-0.2, 0) is 6.54 Å². The molecule has 0 bridgehead atoms. The average molecular weight is 230 g/mol. The predicted molar refractivity (Wildman–Crippen MR) is 64.3 cm³/mol. The molecule has 0 aliphatic heterocycles. The van der Waals surface area contributed by atoms with Crippen molar-refractivity contribution >= 4 is 11.6 Å². The van der Waals surface area contributed by atoms with Gasteiger partial charge in [0.05, 0.1) is 6.33 Å². The van der Waals surface area contributed by atoms with Crippen LogP contribution in [0.15, 0.2) is 18.7 Å². The minimum atomic E-state index is 0.574. The molecular formula is C11H20ClN3. The molecule has 1 atom stereocenters. The van der Waals surface area contributed by atoms with Crippen LogP contribution in [0.25, 0.3) is 0 Å². The highest BCUT2D eigenvalue weighted by atomic mass is 35.5. The van der Waals surface area contributed by atoms with Crippen molar-refractivity contribution in [2.24, 2.45) is 0 Å². The second-order valence-electron chi connectivity index (χ2n) is 3.69. The predicted octanol–water partition coefficient (Wildman–Crippen LogP) is 2.27. The Morgan fingerprint density at radius 2 is 2.40 bits per heavy atom. The number of nitrogens with one attached hydrogen (secondary N) is 1. The maximum absolute atomic E-state index is 5.72. The summed E-state index contributed by atoms with van der Waals surface area (Å²) in [6.07, 6.45) is 9.01. The third kappa shape index (κ3) is 5.19. The molecule has 0 saturated heterocycles. The third-order valence-electron chi connectivity index (χ3n) is 2.54. The molecule has 0 fully saturated rings. The Balaban J connectivity index is 2.05. The molecule has 0 spiro atoms. The molecule has 0 aromatic carbocycles. The van der Waals surface area contributed by atoms with Gasteiger partial charge in [-0.1, -0.05) is 6.92 Å². The first-order chi connectivity index (χ1) is 7.36. The fraction of sp³-hybridized carbons (Fsp3) is 0.727. The van der Waals surface area contributed by atoms with Crippen LogP contribution in [0.2, 0.25) is 0 Å². The average Bonchev–Trinajstić information content (AvgIpc) is 2.75. The highest BCUT2D eigenvalue weighted by molar-refractivity contribution is 6.17. The van der Waals surface area contributed by atoms with E-state index in [1.165, 1.54) is 0 Å². The second kappa shape index (κ2) is 7.71.